The number of rotatable bonds is 0. The Morgan fingerprint density at radius 2 is 2.17 bits per heavy atom. The predicted molar refractivity (Wildman–Crippen MR) is 50.2 cm³/mol. The van der Waals surface area contributed by atoms with E-state index in [1.807, 2.05) is 24.3 Å². The molecular formula is C10H11FS. The number of alkyl halides is 1. The zero-order chi connectivity index (χ0) is 8.60. The summed E-state index contributed by atoms with van der Waals surface area (Å²) < 4.78 is 13.9. The summed E-state index contributed by atoms with van der Waals surface area (Å²) in [5.74, 6) is 0.893. The maximum Gasteiger partial charge on any atom is 0.135 e. The molecule has 64 valence electrons. The lowest BCUT2D eigenvalue weighted by atomic mass is 9.95. The van der Waals surface area contributed by atoms with E-state index in [0.717, 1.165) is 16.2 Å². The van der Waals surface area contributed by atoms with Gasteiger partial charge in [0.25, 0.3) is 0 Å². The number of hydrogen-bond acceptors (Lipinski definition) is 1. The van der Waals surface area contributed by atoms with Crippen molar-refractivity contribution in [1.29, 1.82) is 0 Å². The van der Waals surface area contributed by atoms with E-state index < -0.39 is 5.67 Å². The van der Waals surface area contributed by atoms with Gasteiger partial charge in [-0.05, 0) is 19.4 Å². The van der Waals surface area contributed by atoms with Crippen molar-refractivity contribution in [3.8, 4) is 0 Å². The summed E-state index contributed by atoms with van der Waals surface area (Å²) in [5, 5.41) is 0. The summed E-state index contributed by atoms with van der Waals surface area (Å²) in [6, 6.07) is 7.76. The van der Waals surface area contributed by atoms with Crippen molar-refractivity contribution in [3.63, 3.8) is 0 Å². The van der Waals surface area contributed by atoms with Gasteiger partial charge in [-0.3, -0.25) is 0 Å². The minimum absolute atomic E-state index is 0.634. The molecule has 0 nitrogen and oxygen atoms in total. The van der Waals surface area contributed by atoms with E-state index in [1.165, 1.54) is 0 Å². The molecule has 2 rings (SSSR count). The van der Waals surface area contributed by atoms with E-state index in [1.54, 1.807) is 18.7 Å². The molecular weight excluding hydrogens is 171 g/mol. The summed E-state index contributed by atoms with van der Waals surface area (Å²) >= 11 is 1.75. The van der Waals surface area contributed by atoms with E-state index in [2.05, 4.69) is 0 Å². The fourth-order valence-corrected chi connectivity index (χ4v) is 2.83. The zero-order valence-corrected chi connectivity index (χ0v) is 7.83. The third-order valence-electron chi connectivity index (χ3n) is 2.28. The van der Waals surface area contributed by atoms with Gasteiger partial charge in [0.1, 0.15) is 5.67 Å². The molecule has 0 saturated heterocycles. The summed E-state index contributed by atoms with van der Waals surface area (Å²) in [7, 11) is 0. The molecule has 1 aliphatic rings. The first-order valence-corrected chi connectivity index (χ1v) is 5.10. The molecule has 1 aromatic rings. The van der Waals surface area contributed by atoms with Crippen LogP contribution in [0.25, 0.3) is 0 Å². The van der Waals surface area contributed by atoms with E-state index in [9.17, 15) is 4.39 Å². The van der Waals surface area contributed by atoms with Crippen LogP contribution in [-0.2, 0) is 5.67 Å². The molecule has 0 saturated carbocycles. The number of benzene rings is 1. The normalized spacial score (nSPS) is 28.2. The van der Waals surface area contributed by atoms with Gasteiger partial charge in [-0.15, -0.1) is 11.8 Å². The smallest absolute Gasteiger partial charge is 0.135 e. The van der Waals surface area contributed by atoms with Crippen molar-refractivity contribution in [2.75, 3.05) is 5.75 Å². The van der Waals surface area contributed by atoms with Gasteiger partial charge >= 0.3 is 0 Å². The molecule has 0 aromatic heterocycles. The number of thioether (sulfide) groups is 1. The monoisotopic (exact) mass is 182 g/mol. The van der Waals surface area contributed by atoms with Crippen LogP contribution in [0, 0.1) is 0 Å². The third-order valence-corrected chi connectivity index (χ3v) is 3.35. The van der Waals surface area contributed by atoms with Gasteiger partial charge < -0.3 is 0 Å². The Kier molecular flexibility index (Phi) is 1.87. The summed E-state index contributed by atoms with van der Waals surface area (Å²) in [5.41, 5.74) is -0.247. The lowest BCUT2D eigenvalue weighted by Crippen LogP contribution is -2.20. The SMILES string of the molecule is CC1(F)CCSc2ccccc21. The molecule has 0 spiro atoms. The van der Waals surface area contributed by atoms with Crippen LogP contribution in [0.3, 0.4) is 0 Å². The number of fused-ring (bicyclic) bond motifs is 1. The van der Waals surface area contributed by atoms with Crippen molar-refractivity contribution in [2.24, 2.45) is 0 Å². The molecule has 0 radical (unpaired) electrons. The minimum atomic E-state index is -1.11. The van der Waals surface area contributed by atoms with Crippen molar-refractivity contribution >= 4 is 11.8 Å². The van der Waals surface area contributed by atoms with Gasteiger partial charge in [-0.25, -0.2) is 4.39 Å². The largest absolute Gasteiger partial charge is 0.239 e. The topological polar surface area (TPSA) is 0 Å². The van der Waals surface area contributed by atoms with Gasteiger partial charge in [0.2, 0.25) is 0 Å². The first kappa shape index (κ1) is 8.11. The Morgan fingerprint density at radius 1 is 1.42 bits per heavy atom. The summed E-state index contributed by atoms with van der Waals surface area (Å²) in [4.78, 5) is 1.11. The molecule has 0 bridgehead atoms. The second-order valence-electron chi connectivity index (χ2n) is 3.29. The molecule has 1 aliphatic heterocycles. The molecule has 0 aliphatic carbocycles. The molecule has 1 aromatic carbocycles. The molecule has 1 heterocycles. The van der Waals surface area contributed by atoms with E-state index >= 15 is 0 Å². The fourth-order valence-electron chi connectivity index (χ4n) is 1.51. The third kappa shape index (κ3) is 1.24. The Hall–Kier alpha value is -0.500. The van der Waals surface area contributed by atoms with Crippen molar-refractivity contribution < 1.29 is 4.39 Å². The molecule has 0 amide bonds. The van der Waals surface area contributed by atoms with Crippen LogP contribution in [0.5, 0.6) is 0 Å². The van der Waals surface area contributed by atoms with Crippen molar-refractivity contribution in [1.82, 2.24) is 0 Å². The predicted octanol–water partition coefficient (Wildman–Crippen LogP) is 3.37. The van der Waals surface area contributed by atoms with E-state index in [-0.39, 0.29) is 0 Å². The van der Waals surface area contributed by atoms with Crippen LogP contribution in [0.4, 0.5) is 4.39 Å². The molecule has 0 fully saturated rings. The zero-order valence-electron chi connectivity index (χ0n) is 7.01. The minimum Gasteiger partial charge on any atom is -0.239 e. The van der Waals surface area contributed by atoms with Crippen LogP contribution in [-0.4, -0.2) is 5.75 Å². The quantitative estimate of drug-likeness (QED) is 0.592. The van der Waals surface area contributed by atoms with Crippen LogP contribution in [0.2, 0.25) is 0 Å². The Balaban J connectivity index is 2.52. The van der Waals surface area contributed by atoms with Crippen LogP contribution in [0.15, 0.2) is 29.2 Å². The average molecular weight is 182 g/mol. The maximum absolute atomic E-state index is 13.9. The second-order valence-corrected chi connectivity index (χ2v) is 4.43. The van der Waals surface area contributed by atoms with E-state index in [0.29, 0.717) is 6.42 Å². The highest BCUT2D eigenvalue weighted by Crippen LogP contribution is 2.42. The molecule has 1 unspecified atom stereocenters. The first-order chi connectivity index (χ1) is 5.70. The van der Waals surface area contributed by atoms with Crippen molar-refractivity contribution in [2.45, 2.75) is 23.9 Å². The van der Waals surface area contributed by atoms with Crippen LogP contribution >= 0.6 is 11.8 Å². The van der Waals surface area contributed by atoms with Gasteiger partial charge in [0.15, 0.2) is 0 Å². The average Bonchev–Trinajstić information content (AvgIpc) is 2.04. The van der Waals surface area contributed by atoms with Gasteiger partial charge in [0.05, 0.1) is 0 Å². The highest BCUT2D eigenvalue weighted by Gasteiger charge is 2.31. The Bertz CT molecular complexity index is 294. The van der Waals surface area contributed by atoms with Gasteiger partial charge in [-0.2, -0.15) is 0 Å². The summed E-state index contributed by atoms with van der Waals surface area (Å²) in [6.07, 6.45) is 0.634. The first-order valence-electron chi connectivity index (χ1n) is 4.11. The van der Waals surface area contributed by atoms with Gasteiger partial charge in [-0.1, -0.05) is 18.2 Å². The lowest BCUT2D eigenvalue weighted by molar-refractivity contribution is 0.180. The second kappa shape index (κ2) is 2.77. The standard InChI is InChI=1S/C10H11FS/c1-10(11)6-7-12-9-5-3-2-4-8(9)10/h2-5H,6-7H2,1H3. The van der Waals surface area contributed by atoms with E-state index in [4.69, 9.17) is 0 Å². The Morgan fingerprint density at radius 3 is 2.92 bits per heavy atom. The van der Waals surface area contributed by atoms with Crippen LogP contribution in [0.1, 0.15) is 18.9 Å². The highest BCUT2D eigenvalue weighted by molar-refractivity contribution is 7.99. The molecule has 2 heteroatoms. The maximum atomic E-state index is 13.9. The van der Waals surface area contributed by atoms with Crippen LogP contribution < -0.4 is 0 Å². The lowest BCUT2D eigenvalue weighted by Gasteiger charge is -2.27. The van der Waals surface area contributed by atoms with Crippen molar-refractivity contribution in [3.05, 3.63) is 29.8 Å². The fraction of sp³-hybridized carbons (Fsp3) is 0.400. The number of halogens is 1. The Labute approximate surface area is 76.2 Å². The summed E-state index contributed by atoms with van der Waals surface area (Å²) in [6.45, 7) is 1.67. The highest BCUT2D eigenvalue weighted by atomic mass is 32.2. The van der Waals surface area contributed by atoms with Gasteiger partial charge in [0, 0.05) is 16.2 Å². The molecule has 0 N–H and O–H groups in total. The molecule has 12 heavy (non-hydrogen) atoms. The molecule has 1 atom stereocenters. The number of hydrogen-bond donors (Lipinski definition) is 0.